The van der Waals surface area contributed by atoms with Gasteiger partial charge in [0.05, 0.1) is 0 Å². The smallest absolute Gasteiger partial charge is 0.513 e. The van der Waals surface area contributed by atoms with Crippen molar-refractivity contribution in [2.75, 3.05) is 13.2 Å². The molecule has 1 N–H and O–H groups in total. The maximum absolute atomic E-state index is 11.9. The number of amides is 1. The molecule has 25 heavy (non-hydrogen) atoms. The fourth-order valence-corrected chi connectivity index (χ4v) is 1.53. The van der Waals surface area contributed by atoms with Crippen LogP contribution in [0, 0.1) is 10.1 Å². The molecule has 0 aliphatic heterocycles. The van der Waals surface area contributed by atoms with Crippen LogP contribution >= 0.6 is 0 Å². The molecule has 1 aromatic heterocycles. The van der Waals surface area contributed by atoms with E-state index in [1.54, 1.807) is 25.3 Å². The topological polar surface area (TPSA) is 121 Å². The monoisotopic (exact) mass is 469 g/mol. The van der Waals surface area contributed by atoms with Crippen molar-refractivity contribution in [3.05, 3.63) is 40.2 Å². The second-order valence-corrected chi connectivity index (χ2v) is 4.78. The van der Waals surface area contributed by atoms with Gasteiger partial charge in [-0.2, -0.15) is 4.57 Å². The SMILES string of the molecule is CC[C@H](C)OC(=O)OC[n+]1cccc(C(=O)NCCO[N+](=O)[O-])c1.[I-]. The van der Waals surface area contributed by atoms with E-state index in [4.69, 9.17) is 9.47 Å². The summed E-state index contributed by atoms with van der Waals surface area (Å²) in [6.07, 6.45) is 2.74. The molecule has 0 saturated carbocycles. The number of aromatic nitrogens is 1. The lowest BCUT2D eigenvalue weighted by Gasteiger charge is -2.09. The van der Waals surface area contributed by atoms with Crippen LogP contribution in [-0.2, 0) is 21.0 Å². The highest BCUT2D eigenvalue weighted by atomic mass is 127. The zero-order valence-corrected chi connectivity index (χ0v) is 16.0. The highest BCUT2D eigenvalue weighted by Gasteiger charge is 2.14. The quantitative estimate of drug-likeness (QED) is 0.109. The molecular weight excluding hydrogens is 449 g/mol. The fourth-order valence-electron chi connectivity index (χ4n) is 1.53. The van der Waals surface area contributed by atoms with E-state index in [-0.39, 0.29) is 50.0 Å². The molecule has 0 aliphatic rings. The Balaban J connectivity index is 0.00000576. The van der Waals surface area contributed by atoms with Gasteiger partial charge in [0.1, 0.15) is 18.3 Å². The second kappa shape index (κ2) is 12.2. The first-order valence-corrected chi connectivity index (χ1v) is 7.30. The molecule has 1 amide bonds. The lowest BCUT2D eigenvalue weighted by atomic mass is 10.2. The van der Waals surface area contributed by atoms with Crippen LogP contribution in [0.15, 0.2) is 24.5 Å². The molecule has 0 aromatic carbocycles. The zero-order chi connectivity index (χ0) is 17.9. The zero-order valence-electron chi connectivity index (χ0n) is 13.8. The molecule has 0 fully saturated rings. The summed E-state index contributed by atoms with van der Waals surface area (Å²) in [5.41, 5.74) is 0.303. The highest BCUT2D eigenvalue weighted by molar-refractivity contribution is 5.93. The summed E-state index contributed by atoms with van der Waals surface area (Å²) < 4.78 is 11.4. The Kier molecular flexibility index (Phi) is 11.2. The summed E-state index contributed by atoms with van der Waals surface area (Å²) in [6.45, 7) is 3.27. The van der Waals surface area contributed by atoms with E-state index >= 15 is 0 Å². The number of hydrogen-bond acceptors (Lipinski definition) is 7. The van der Waals surface area contributed by atoms with Crippen molar-refractivity contribution < 1.29 is 57.5 Å². The van der Waals surface area contributed by atoms with Crippen molar-refractivity contribution in [2.24, 2.45) is 0 Å². The number of nitrogens with zero attached hydrogens (tertiary/aromatic N) is 2. The number of rotatable bonds is 9. The first-order valence-electron chi connectivity index (χ1n) is 7.30. The summed E-state index contributed by atoms with van der Waals surface area (Å²) in [7, 11) is 0. The first kappa shape index (κ1) is 22.8. The largest absolute Gasteiger partial charge is 1.00 e. The van der Waals surface area contributed by atoms with E-state index < -0.39 is 17.1 Å². The molecule has 0 unspecified atom stereocenters. The average molecular weight is 469 g/mol. The van der Waals surface area contributed by atoms with Crippen molar-refractivity contribution in [1.29, 1.82) is 0 Å². The maximum atomic E-state index is 11.9. The van der Waals surface area contributed by atoms with Crippen LogP contribution in [0.2, 0.25) is 0 Å². The predicted molar refractivity (Wildman–Crippen MR) is 79.2 cm³/mol. The molecule has 1 heterocycles. The van der Waals surface area contributed by atoms with Gasteiger partial charge in [0.25, 0.3) is 17.7 Å². The summed E-state index contributed by atoms with van der Waals surface area (Å²) in [5.74, 6) is -0.432. The van der Waals surface area contributed by atoms with E-state index in [0.717, 1.165) is 0 Å². The molecule has 10 nitrogen and oxygen atoms in total. The molecule has 0 bridgehead atoms. The molecule has 0 saturated heterocycles. The van der Waals surface area contributed by atoms with Crippen LogP contribution in [0.1, 0.15) is 30.6 Å². The van der Waals surface area contributed by atoms with Crippen LogP contribution in [0.4, 0.5) is 4.79 Å². The van der Waals surface area contributed by atoms with Gasteiger partial charge in [-0.15, -0.1) is 10.1 Å². The van der Waals surface area contributed by atoms with Crippen molar-refractivity contribution in [2.45, 2.75) is 33.1 Å². The number of carbonyl (C=O) groups excluding carboxylic acids is 2. The van der Waals surface area contributed by atoms with Crippen LogP contribution in [-0.4, -0.2) is 36.4 Å². The van der Waals surface area contributed by atoms with Crippen LogP contribution in [0.25, 0.3) is 0 Å². The predicted octanol–water partition coefficient (Wildman–Crippen LogP) is -2.17. The van der Waals surface area contributed by atoms with E-state index in [2.05, 4.69) is 10.2 Å². The van der Waals surface area contributed by atoms with Gasteiger partial charge in [-0.25, -0.2) is 4.79 Å². The Morgan fingerprint density at radius 1 is 1.44 bits per heavy atom. The molecule has 0 aliphatic carbocycles. The number of ether oxygens (including phenoxy) is 2. The first-order chi connectivity index (χ1) is 11.4. The van der Waals surface area contributed by atoms with Gasteiger partial charge >= 0.3 is 6.16 Å². The van der Waals surface area contributed by atoms with Gasteiger partial charge in [-0.05, 0) is 19.4 Å². The minimum Gasteiger partial charge on any atom is -1.00 e. The minimum absolute atomic E-state index is 0. The highest BCUT2D eigenvalue weighted by Crippen LogP contribution is 1.99. The van der Waals surface area contributed by atoms with Crippen LogP contribution in [0.3, 0.4) is 0 Å². The Labute approximate surface area is 161 Å². The van der Waals surface area contributed by atoms with Crippen molar-refractivity contribution in [3.8, 4) is 0 Å². The normalized spacial score (nSPS) is 10.8. The molecule has 11 heteroatoms. The van der Waals surface area contributed by atoms with Crippen molar-refractivity contribution in [1.82, 2.24) is 5.32 Å². The van der Waals surface area contributed by atoms with E-state index in [1.807, 2.05) is 6.92 Å². The van der Waals surface area contributed by atoms with E-state index in [1.165, 1.54) is 10.8 Å². The standard InChI is InChI=1S/C14H19N3O7.HI/c1-3-11(2)24-14(19)22-10-16-7-4-5-12(9-16)13(18)15-6-8-23-17(20)21;/h4-5,7,9,11H,3,6,8,10H2,1-2H3;1H/t11-;/m0./s1. The average Bonchev–Trinajstić information content (AvgIpc) is 2.56. The third-order valence-electron chi connectivity index (χ3n) is 2.91. The van der Waals surface area contributed by atoms with Gasteiger partial charge in [-0.1, -0.05) is 6.92 Å². The van der Waals surface area contributed by atoms with Gasteiger partial charge in [0.2, 0.25) is 0 Å². The third-order valence-corrected chi connectivity index (χ3v) is 2.91. The lowest BCUT2D eigenvalue weighted by Crippen LogP contribution is -3.00. The Bertz CT molecular complexity index is 585. The number of pyridine rings is 1. The Morgan fingerprint density at radius 2 is 2.16 bits per heavy atom. The van der Waals surface area contributed by atoms with Gasteiger partial charge in [0.15, 0.2) is 12.4 Å². The molecular formula is C14H20IN3O7. The van der Waals surface area contributed by atoms with E-state index in [0.29, 0.717) is 12.0 Å². The number of halogens is 1. The minimum atomic E-state index is -0.932. The molecule has 0 spiro atoms. The summed E-state index contributed by atoms with van der Waals surface area (Å²) in [4.78, 5) is 37.4. The molecule has 0 radical (unpaired) electrons. The van der Waals surface area contributed by atoms with Crippen LogP contribution < -0.4 is 33.9 Å². The summed E-state index contributed by atoms with van der Waals surface area (Å²) in [5, 5.41) is 11.5. The Morgan fingerprint density at radius 3 is 2.80 bits per heavy atom. The number of nitrogens with one attached hydrogen (secondary N) is 1. The summed E-state index contributed by atoms with van der Waals surface area (Å²) >= 11 is 0. The molecule has 1 atom stereocenters. The fraction of sp³-hybridized carbons (Fsp3) is 0.500. The molecule has 1 aromatic rings. The second-order valence-electron chi connectivity index (χ2n) is 4.78. The van der Waals surface area contributed by atoms with Crippen LogP contribution in [0.5, 0.6) is 0 Å². The lowest BCUT2D eigenvalue weighted by molar-refractivity contribution is -0.757. The Hall–Kier alpha value is -2.18. The number of hydrogen-bond donors (Lipinski definition) is 1. The van der Waals surface area contributed by atoms with Gasteiger partial charge in [-0.3, -0.25) is 4.79 Å². The number of carbonyl (C=O) groups is 2. The van der Waals surface area contributed by atoms with E-state index in [9.17, 15) is 19.7 Å². The third kappa shape index (κ3) is 9.64. The molecule has 1 rings (SSSR count). The molecule has 140 valence electrons. The van der Waals surface area contributed by atoms with Gasteiger partial charge in [0, 0.05) is 12.6 Å². The van der Waals surface area contributed by atoms with Crippen molar-refractivity contribution >= 4 is 12.1 Å². The summed E-state index contributed by atoms with van der Waals surface area (Å²) in [6, 6.07) is 3.16. The van der Waals surface area contributed by atoms with Crippen molar-refractivity contribution in [3.63, 3.8) is 0 Å². The maximum Gasteiger partial charge on any atom is 0.513 e. The van der Waals surface area contributed by atoms with Gasteiger partial charge < -0.3 is 43.6 Å².